The number of carbonyl (C=O) groups excluding carboxylic acids is 2. The number of nitrogens with one attached hydrogen (secondary N) is 2. The van der Waals surface area contributed by atoms with Crippen molar-refractivity contribution in [3.8, 4) is 5.75 Å². The summed E-state index contributed by atoms with van der Waals surface area (Å²) in [4.78, 5) is 40.4. The lowest BCUT2D eigenvalue weighted by Crippen LogP contribution is -2.50. The molecule has 192 valence electrons. The van der Waals surface area contributed by atoms with Gasteiger partial charge in [0.2, 0.25) is 11.8 Å². The third kappa shape index (κ3) is 14.1. The van der Waals surface area contributed by atoms with E-state index in [4.69, 9.17) is 16.6 Å². The number of unbranched alkanes of at least 4 members (excludes halogenated alkanes) is 3. The average molecular weight is 488 g/mol. The van der Waals surface area contributed by atoms with Gasteiger partial charge in [-0.2, -0.15) is 0 Å². The number of carbonyl (C=O) groups is 3. The summed E-state index contributed by atoms with van der Waals surface area (Å²) in [6.07, 6.45) is 10.5. The Kier molecular flexibility index (Phi) is 14.0. The summed E-state index contributed by atoms with van der Waals surface area (Å²) in [6.45, 7) is 2.43. The number of rotatable bonds is 16. The van der Waals surface area contributed by atoms with Gasteiger partial charge in [-0.15, -0.1) is 0 Å². The Morgan fingerprint density at radius 1 is 1.06 bits per heavy atom. The van der Waals surface area contributed by atoms with Crippen molar-refractivity contribution >= 4 is 23.7 Å². The topological polar surface area (TPSA) is 180 Å². The summed E-state index contributed by atoms with van der Waals surface area (Å²) in [5, 5.41) is 24.0. The molecule has 1 aromatic rings. The highest BCUT2D eigenvalue weighted by Gasteiger charge is 2.22. The van der Waals surface area contributed by atoms with E-state index < -0.39 is 29.9 Å². The number of phenolic OH excluding ortho intramolecular Hbond substituents is 1. The van der Waals surface area contributed by atoms with Gasteiger partial charge in [-0.05, 0) is 49.5 Å². The van der Waals surface area contributed by atoms with Crippen molar-refractivity contribution in [1.82, 2.24) is 10.6 Å². The Labute approximate surface area is 206 Å². The van der Waals surface area contributed by atoms with Gasteiger partial charge in [-0.1, -0.05) is 44.1 Å². The monoisotopic (exact) mass is 487 g/mol. The number of nitrogens with two attached hydrogens (primary N) is 2. The van der Waals surface area contributed by atoms with Crippen LogP contribution in [0.4, 0.5) is 0 Å². The zero-order valence-corrected chi connectivity index (χ0v) is 20.2. The van der Waals surface area contributed by atoms with Gasteiger partial charge < -0.3 is 32.3 Å². The van der Waals surface area contributed by atoms with Gasteiger partial charge in [0, 0.05) is 25.1 Å². The Morgan fingerprint density at radius 3 is 2.40 bits per heavy atom. The van der Waals surface area contributed by atoms with Gasteiger partial charge in [0.25, 0.3) is 0 Å². The molecule has 0 aromatic heterocycles. The number of phenols is 1. The van der Waals surface area contributed by atoms with Gasteiger partial charge in [0.15, 0.2) is 5.96 Å². The van der Waals surface area contributed by atoms with Crippen molar-refractivity contribution in [1.29, 1.82) is 0 Å². The molecule has 0 aliphatic heterocycles. The van der Waals surface area contributed by atoms with E-state index in [0.29, 0.717) is 19.4 Å². The first-order valence-electron chi connectivity index (χ1n) is 11.7. The van der Waals surface area contributed by atoms with Crippen LogP contribution in [0, 0.1) is 0 Å². The second-order valence-electron chi connectivity index (χ2n) is 8.09. The maximum atomic E-state index is 13.1. The number of hydrogen-bond acceptors (Lipinski definition) is 5. The summed E-state index contributed by atoms with van der Waals surface area (Å²) in [7, 11) is 0. The Hall–Kier alpha value is -3.82. The van der Waals surface area contributed by atoms with Crippen molar-refractivity contribution in [2.75, 3.05) is 6.54 Å². The molecule has 0 saturated heterocycles. The Morgan fingerprint density at radius 2 is 1.77 bits per heavy atom. The van der Waals surface area contributed by atoms with Crippen molar-refractivity contribution in [2.24, 2.45) is 16.5 Å². The number of aromatic hydroxyl groups is 1. The second kappa shape index (κ2) is 16.7. The summed E-state index contributed by atoms with van der Waals surface area (Å²) >= 11 is 0. The summed E-state index contributed by atoms with van der Waals surface area (Å²) in [5.41, 5.74) is 11.4. The van der Waals surface area contributed by atoms with Crippen LogP contribution in [0.15, 0.2) is 53.6 Å². The zero-order chi connectivity index (χ0) is 26.1. The number of carboxylic acids is 1. The van der Waals surface area contributed by atoms with Gasteiger partial charge in [0.1, 0.15) is 11.8 Å². The van der Waals surface area contributed by atoms with Crippen molar-refractivity contribution in [3.63, 3.8) is 0 Å². The lowest BCUT2D eigenvalue weighted by atomic mass is 10.0. The molecule has 0 radical (unpaired) electrons. The Balaban J connectivity index is 2.93. The van der Waals surface area contributed by atoms with Crippen LogP contribution in [0.25, 0.3) is 0 Å². The van der Waals surface area contributed by atoms with E-state index >= 15 is 0 Å². The summed E-state index contributed by atoms with van der Waals surface area (Å²) in [6, 6.07) is 4.82. The number of benzene rings is 1. The van der Waals surface area contributed by atoms with E-state index in [2.05, 4.69) is 22.5 Å². The molecule has 0 saturated carbocycles. The van der Waals surface area contributed by atoms with Crippen LogP contribution >= 0.6 is 0 Å². The smallest absolute Gasteiger partial charge is 0.328 e. The molecular weight excluding hydrogens is 450 g/mol. The van der Waals surface area contributed by atoms with Crippen molar-refractivity contribution < 1.29 is 24.6 Å². The molecule has 1 unspecified atom stereocenters. The fourth-order valence-corrected chi connectivity index (χ4v) is 3.22. The molecule has 10 nitrogen and oxygen atoms in total. The third-order valence-corrected chi connectivity index (χ3v) is 5.02. The predicted octanol–water partition coefficient (Wildman–Crippen LogP) is 1.74. The minimum Gasteiger partial charge on any atom is -0.508 e. The molecule has 0 heterocycles. The van der Waals surface area contributed by atoms with Crippen LogP contribution in [0.1, 0.15) is 51.0 Å². The molecule has 0 aliphatic carbocycles. The molecule has 8 N–H and O–H groups in total. The van der Waals surface area contributed by atoms with Crippen LogP contribution in [-0.2, 0) is 20.8 Å². The number of nitrogens with zero attached hydrogens (tertiary/aromatic N) is 1. The number of aliphatic carboxylic acids is 1. The van der Waals surface area contributed by atoms with Crippen LogP contribution in [0.2, 0.25) is 0 Å². The fourth-order valence-electron chi connectivity index (χ4n) is 3.22. The maximum Gasteiger partial charge on any atom is 0.328 e. The van der Waals surface area contributed by atoms with Gasteiger partial charge in [0.05, 0.1) is 0 Å². The number of aliphatic imine (C=N–C) groups is 1. The number of hydrogen-bond donors (Lipinski definition) is 6. The first-order chi connectivity index (χ1) is 16.7. The summed E-state index contributed by atoms with van der Waals surface area (Å²) < 4.78 is 0. The van der Waals surface area contributed by atoms with E-state index in [1.807, 2.05) is 0 Å². The molecule has 0 spiro atoms. The van der Waals surface area contributed by atoms with E-state index in [9.17, 15) is 19.5 Å². The molecule has 2 atom stereocenters. The highest BCUT2D eigenvalue weighted by Crippen LogP contribution is 2.12. The van der Waals surface area contributed by atoms with Crippen LogP contribution in [0.3, 0.4) is 0 Å². The number of carboxylic acid groups (broad SMARTS) is 1. The molecule has 10 heteroatoms. The van der Waals surface area contributed by atoms with Gasteiger partial charge in [-0.25, -0.2) is 4.79 Å². The molecule has 2 amide bonds. The third-order valence-electron chi connectivity index (χ3n) is 5.02. The van der Waals surface area contributed by atoms with E-state index in [1.54, 1.807) is 18.2 Å². The summed E-state index contributed by atoms with van der Waals surface area (Å²) in [5.74, 6) is -1.96. The highest BCUT2D eigenvalue weighted by molar-refractivity contribution is 5.93. The predicted molar refractivity (Wildman–Crippen MR) is 136 cm³/mol. The molecule has 0 bridgehead atoms. The number of guanidine groups is 1. The van der Waals surface area contributed by atoms with Crippen molar-refractivity contribution in [3.05, 3.63) is 54.1 Å². The van der Waals surface area contributed by atoms with Crippen LogP contribution in [-0.4, -0.2) is 52.6 Å². The molecule has 0 fully saturated rings. The van der Waals surface area contributed by atoms with E-state index in [-0.39, 0.29) is 18.1 Å². The minimum atomic E-state index is -1.14. The largest absolute Gasteiger partial charge is 0.508 e. The first kappa shape index (κ1) is 29.2. The van der Waals surface area contributed by atoms with E-state index in [0.717, 1.165) is 37.3 Å². The molecule has 35 heavy (non-hydrogen) atoms. The molecule has 0 aliphatic rings. The lowest BCUT2D eigenvalue weighted by Gasteiger charge is -2.21. The van der Waals surface area contributed by atoms with Crippen LogP contribution in [0.5, 0.6) is 5.75 Å². The first-order valence-corrected chi connectivity index (χ1v) is 11.7. The van der Waals surface area contributed by atoms with Gasteiger partial charge >= 0.3 is 5.97 Å². The van der Waals surface area contributed by atoms with Crippen LogP contribution < -0.4 is 22.1 Å². The normalized spacial score (nSPS) is 12.8. The quantitative estimate of drug-likeness (QED) is 0.0888. The number of allylic oxidation sites excluding steroid dienone is 1. The lowest BCUT2D eigenvalue weighted by molar-refractivity contribution is -0.131. The SMILES string of the molecule is CCCCC/C=C/C(=O)N[C@@H](Cc1ccc(O)cc1)C(=O)NC(/C=C/C(=O)O)CCCN=C(N)N. The zero-order valence-electron chi connectivity index (χ0n) is 20.2. The fraction of sp³-hybridized carbons (Fsp3) is 0.440. The molecule has 1 aromatic carbocycles. The minimum absolute atomic E-state index is 0.0499. The van der Waals surface area contributed by atoms with Gasteiger partial charge in [-0.3, -0.25) is 14.6 Å². The average Bonchev–Trinajstić information content (AvgIpc) is 2.80. The number of amides is 2. The Bertz CT molecular complexity index is 892. The molecular formula is C25H37N5O5. The maximum absolute atomic E-state index is 13.1. The standard InChI is InChI=1S/C25H37N5O5/c1-2-3-4-5-6-9-22(32)30-21(17-18-10-13-20(31)14-11-18)24(35)29-19(12-15-23(33)34)8-7-16-28-25(26)27/h6,9-15,19,21,31H,2-5,7-8,16-17H2,1H3,(H,29,35)(H,30,32)(H,33,34)(H4,26,27,28)/b9-6+,15-12+/t19?,21-/m0/s1. The highest BCUT2D eigenvalue weighted by atomic mass is 16.4. The van der Waals surface area contributed by atoms with Crippen molar-refractivity contribution in [2.45, 2.75) is 64.0 Å². The van der Waals surface area contributed by atoms with E-state index in [1.165, 1.54) is 24.3 Å². The second-order valence-corrected chi connectivity index (χ2v) is 8.09. The molecule has 1 rings (SSSR count).